The van der Waals surface area contributed by atoms with Crippen LogP contribution < -0.4 is 5.32 Å². The number of phosphoric acid groups is 1. The second-order valence-electron chi connectivity index (χ2n) is 15.0. The van der Waals surface area contributed by atoms with Crippen molar-refractivity contribution in [3.8, 4) is 0 Å². The number of hydrogen-bond acceptors (Lipinski definition) is 5. The number of carbonyl (C=O) groups is 1. The molecular weight excluding hydrogens is 611 g/mol. The minimum atomic E-state index is -4.30. The maximum atomic E-state index is 12.8. The number of carbonyl (C=O) groups excluding carboxylic acids is 1. The third kappa shape index (κ3) is 33.8. The van der Waals surface area contributed by atoms with Gasteiger partial charge in [0.15, 0.2) is 0 Å². The lowest BCUT2D eigenvalue weighted by Crippen LogP contribution is -2.46. The fourth-order valence-corrected chi connectivity index (χ4v) is 6.60. The van der Waals surface area contributed by atoms with E-state index >= 15 is 0 Å². The molecule has 0 aliphatic heterocycles. The molecule has 0 aliphatic rings. The predicted molar refractivity (Wildman–Crippen MR) is 199 cm³/mol. The van der Waals surface area contributed by atoms with E-state index in [0.29, 0.717) is 23.9 Å². The summed E-state index contributed by atoms with van der Waals surface area (Å²) < 4.78 is 23.5. The summed E-state index contributed by atoms with van der Waals surface area (Å²) in [6.07, 6.45) is 31.2. The highest BCUT2D eigenvalue weighted by Crippen LogP contribution is 2.43. The molecule has 1 amide bonds. The van der Waals surface area contributed by atoms with Crippen LogP contribution in [0, 0.1) is 0 Å². The Morgan fingerprint density at radius 1 is 0.638 bits per heavy atom. The van der Waals surface area contributed by atoms with Crippen LogP contribution in [-0.4, -0.2) is 73.4 Å². The summed E-state index contributed by atoms with van der Waals surface area (Å²) in [7, 11) is 1.62. The van der Waals surface area contributed by atoms with Gasteiger partial charge in [-0.1, -0.05) is 168 Å². The van der Waals surface area contributed by atoms with Gasteiger partial charge >= 0.3 is 7.82 Å². The van der Waals surface area contributed by atoms with Gasteiger partial charge < -0.3 is 19.8 Å². The molecule has 3 N–H and O–H groups in total. The van der Waals surface area contributed by atoms with Crippen molar-refractivity contribution in [2.24, 2.45) is 0 Å². The van der Waals surface area contributed by atoms with E-state index in [9.17, 15) is 19.4 Å². The Labute approximate surface area is 291 Å². The molecule has 0 saturated carbocycles. The Morgan fingerprint density at radius 3 is 1.43 bits per heavy atom. The number of aliphatic hydroxyl groups excluding tert-OH is 1. The SMILES string of the molecule is CCCCCCCCCCCCCCCCCCC(=O)NC(COP(=O)(O)OCC[N+](C)(C)C)C(O)CCCCCCCCCCC. The van der Waals surface area contributed by atoms with Gasteiger partial charge in [-0.15, -0.1) is 0 Å². The third-order valence-corrected chi connectivity index (χ3v) is 10.1. The summed E-state index contributed by atoms with van der Waals surface area (Å²) in [5, 5.41) is 13.8. The highest BCUT2D eigenvalue weighted by atomic mass is 31.2. The largest absolute Gasteiger partial charge is 0.472 e. The van der Waals surface area contributed by atoms with Gasteiger partial charge in [0.25, 0.3) is 0 Å². The van der Waals surface area contributed by atoms with E-state index in [1.54, 1.807) is 0 Å². The zero-order valence-corrected chi connectivity index (χ0v) is 32.7. The molecule has 0 aromatic carbocycles. The number of likely N-dealkylation sites (N-methyl/N-ethyl adjacent to an activating group) is 1. The van der Waals surface area contributed by atoms with E-state index in [-0.39, 0.29) is 19.1 Å². The molecule has 0 aromatic heterocycles. The molecule has 0 rings (SSSR count). The quantitative estimate of drug-likeness (QED) is 0.0343. The van der Waals surface area contributed by atoms with Gasteiger partial charge in [-0.05, 0) is 12.8 Å². The molecular formula is C38H80N2O6P+. The van der Waals surface area contributed by atoms with Gasteiger partial charge in [0.2, 0.25) is 5.91 Å². The molecule has 0 bridgehead atoms. The van der Waals surface area contributed by atoms with Crippen LogP contribution in [0.5, 0.6) is 0 Å². The monoisotopic (exact) mass is 692 g/mol. The molecule has 0 radical (unpaired) electrons. The number of aliphatic hydroxyl groups is 1. The van der Waals surface area contributed by atoms with E-state index in [2.05, 4.69) is 19.2 Å². The summed E-state index contributed by atoms with van der Waals surface area (Å²) in [6, 6.07) is -0.750. The van der Waals surface area contributed by atoms with Gasteiger partial charge in [0.05, 0.1) is 39.9 Å². The van der Waals surface area contributed by atoms with E-state index in [4.69, 9.17) is 9.05 Å². The van der Waals surface area contributed by atoms with E-state index in [0.717, 1.165) is 38.5 Å². The van der Waals surface area contributed by atoms with Crippen molar-refractivity contribution in [2.45, 2.75) is 199 Å². The summed E-state index contributed by atoms with van der Waals surface area (Å²) in [5.41, 5.74) is 0. The van der Waals surface area contributed by atoms with Crippen LogP contribution in [0.15, 0.2) is 0 Å². The number of amides is 1. The Bertz CT molecular complexity index is 748. The van der Waals surface area contributed by atoms with E-state index in [1.807, 2.05) is 21.1 Å². The molecule has 8 nitrogen and oxygen atoms in total. The maximum Gasteiger partial charge on any atom is 0.472 e. The van der Waals surface area contributed by atoms with Crippen molar-refractivity contribution in [1.29, 1.82) is 0 Å². The minimum absolute atomic E-state index is 0.0779. The fourth-order valence-electron chi connectivity index (χ4n) is 5.87. The van der Waals surface area contributed by atoms with Gasteiger partial charge in [-0.3, -0.25) is 13.8 Å². The molecule has 0 heterocycles. The van der Waals surface area contributed by atoms with Crippen molar-refractivity contribution in [1.82, 2.24) is 5.32 Å². The first kappa shape index (κ1) is 46.5. The molecule has 0 aromatic rings. The molecule has 3 unspecified atom stereocenters. The van der Waals surface area contributed by atoms with Crippen molar-refractivity contribution >= 4 is 13.7 Å². The van der Waals surface area contributed by atoms with Crippen LogP contribution in [0.4, 0.5) is 0 Å². The summed E-state index contributed by atoms with van der Waals surface area (Å²) in [5.74, 6) is -0.145. The Hall–Kier alpha value is -0.500. The Morgan fingerprint density at radius 2 is 1.02 bits per heavy atom. The predicted octanol–water partition coefficient (Wildman–Crippen LogP) is 10.2. The van der Waals surface area contributed by atoms with E-state index < -0.39 is 20.0 Å². The minimum Gasteiger partial charge on any atom is -0.391 e. The molecule has 47 heavy (non-hydrogen) atoms. The van der Waals surface area contributed by atoms with Gasteiger partial charge in [-0.2, -0.15) is 0 Å². The molecule has 0 saturated heterocycles. The molecule has 0 spiro atoms. The molecule has 3 atom stereocenters. The molecule has 0 aliphatic carbocycles. The van der Waals surface area contributed by atoms with Gasteiger partial charge in [0, 0.05) is 6.42 Å². The fraction of sp³-hybridized carbons (Fsp3) is 0.974. The summed E-state index contributed by atoms with van der Waals surface area (Å²) in [4.78, 5) is 23.0. The zero-order chi connectivity index (χ0) is 35.1. The number of hydrogen-bond donors (Lipinski definition) is 3. The lowest BCUT2D eigenvalue weighted by Gasteiger charge is -2.26. The first-order valence-electron chi connectivity index (χ1n) is 19.9. The lowest BCUT2D eigenvalue weighted by molar-refractivity contribution is -0.870. The van der Waals surface area contributed by atoms with Crippen LogP contribution in [0.1, 0.15) is 187 Å². The van der Waals surface area contributed by atoms with Gasteiger partial charge in [-0.25, -0.2) is 4.57 Å². The highest BCUT2D eigenvalue weighted by molar-refractivity contribution is 7.47. The summed E-state index contributed by atoms with van der Waals surface area (Å²) in [6.45, 7) is 4.86. The normalized spacial score (nSPS) is 14.6. The standard InChI is InChI=1S/C38H79N2O6P/c1-6-8-10-12-14-16-17-18-19-20-21-22-24-26-28-30-32-38(42)39-36(35-46-47(43,44)45-34-33-40(3,4)5)37(41)31-29-27-25-23-15-13-11-9-7-2/h36-37,41H,6-35H2,1-5H3,(H-,39,42,43,44)/p+1. The number of unbranched alkanes of at least 4 members (excludes halogenated alkanes) is 23. The van der Waals surface area contributed by atoms with Crippen LogP contribution in [0.25, 0.3) is 0 Å². The number of nitrogens with one attached hydrogen (secondary N) is 1. The summed E-state index contributed by atoms with van der Waals surface area (Å²) >= 11 is 0. The van der Waals surface area contributed by atoms with Gasteiger partial charge in [0.1, 0.15) is 13.2 Å². The molecule has 0 fully saturated rings. The van der Waals surface area contributed by atoms with Crippen molar-refractivity contribution < 1.29 is 32.9 Å². The molecule has 282 valence electrons. The Kier molecular flexibility index (Phi) is 31.1. The topological polar surface area (TPSA) is 105 Å². The van der Waals surface area contributed by atoms with Crippen molar-refractivity contribution in [2.75, 3.05) is 40.9 Å². The van der Waals surface area contributed by atoms with Crippen LogP contribution in [0.3, 0.4) is 0 Å². The first-order valence-corrected chi connectivity index (χ1v) is 21.4. The van der Waals surface area contributed by atoms with Crippen molar-refractivity contribution in [3.63, 3.8) is 0 Å². The third-order valence-electron chi connectivity index (χ3n) is 9.11. The number of phosphoric ester groups is 1. The zero-order valence-electron chi connectivity index (χ0n) is 31.8. The van der Waals surface area contributed by atoms with Crippen molar-refractivity contribution in [3.05, 3.63) is 0 Å². The van der Waals surface area contributed by atoms with Crippen LogP contribution in [0.2, 0.25) is 0 Å². The maximum absolute atomic E-state index is 12.8. The van der Waals surface area contributed by atoms with E-state index in [1.165, 1.54) is 122 Å². The smallest absolute Gasteiger partial charge is 0.391 e. The Balaban J connectivity index is 4.34. The second kappa shape index (κ2) is 31.5. The average Bonchev–Trinajstić information content (AvgIpc) is 3.01. The number of rotatable bonds is 36. The number of quaternary nitrogens is 1. The van der Waals surface area contributed by atoms with Crippen LogP contribution in [-0.2, 0) is 18.4 Å². The van der Waals surface area contributed by atoms with Crippen LogP contribution >= 0.6 is 7.82 Å². The first-order chi connectivity index (χ1) is 22.5. The highest BCUT2D eigenvalue weighted by Gasteiger charge is 2.28. The average molecular weight is 692 g/mol. The molecule has 9 heteroatoms. The number of nitrogens with zero attached hydrogens (tertiary/aromatic N) is 1. The second-order valence-corrected chi connectivity index (χ2v) is 16.5. The lowest BCUT2D eigenvalue weighted by atomic mass is 10.0.